The zero-order valence-electron chi connectivity index (χ0n) is 26.4. The van der Waals surface area contributed by atoms with Gasteiger partial charge in [-0.1, -0.05) is 105 Å². The highest BCUT2D eigenvalue weighted by Crippen LogP contribution is 2.33. The second kappa shape index (κ2) is 14.2. The van der Waals surface area contributed by atoms with E-state index < -0.39 is 0 Å². The van der Waals surface area contributed by atoms with Crippen molar-refractivity contribution in [1.29, 1.82) is 0 Å². The van der Waals surface area contributed by atoms with Gasteiger partial charge >= 0.3 is 0 Å². The zero-order chi connectivity index (χ0) is 29.5. The van der Waals surface area contributed by atoms with Crippen LogP contribution >= 0.6 is 0 Å². The number of hydrogen-bond acceptors (Lipinski definition) is 6. The Morgan fingerprint density at radius 1 is 0.575 bits per heavy atom. The second-order valence-electron chi connectivity index (χ2n) is 13.7. The molecule has 2 aromatic rings. The molecule has 1 aliphatic heterocycles. The minimum Gasteiger partial charge on any atom is -0.507 e. The molecule has 3 rings (SSSR count). The van der Waals surface area contributed by atoms with Crippen molar-refractivity contribution < 1.29 is 10.2 Å². The van der Waals surface area contributed by atoms with Crippen LogP contribution in [-0.4, -0.2) is 22.5 Å². The van der Waals surface area contributed by atoms with E-state index in [-0.39, 0.29) is 23.2 Å². The summed E-state index contributed by atoms with van der Waals surface area (Å²) in [4.78, 5) is 0. The Morgan fingerprint density at radius 2 is 0.850 bits per heavy atom. The van der Waals surface area contributed by atoms with Crippen LogP contribution in [0.5, 0.6) is 11.5 Å². The second-order valence-corrected chi connectivity index (χ2v) is 13.7. The first-order chi connectivity index (χ1) is 18.8. The molecule has 0 aliphatic carbocycles. The summed E-state index contributed by atoms with van der Waals surface area (Å²) in [5.41, 5.74) is 6.12. The van der Waals surface area contributed by atoms with Crippen LogP contribution in [-0.2, 0) is 37.0 Å². The van der Waals surface area contributed by atoms with Gasteiger partial charge in [-0.05, 0) is 34.8 Å². The Labute approximate surface area is 243 Å². The van der Waals surface area contributed by atoms with Crippen molar-refractivity contribution in [3.63, 3.8) is 0 Å². The summed E-state index contributed by atoms with van der Waals surface area (Å²) in [6.45, 7) is 20.0. The highest BCUT2D eigenvalue weighted by atomic mass is 16.3. The van der Waals surface area contributed by atoms with Gasteiger partial charge in [-0.2, -0.15) is 0 Å². The molecule has 40 heavy (non-hydrogen) atoms. The fourth-order valence-electron chi connectivity index (χ4n) is 5.23. The van der Waals surface area contributed by atoms with Gasteiger partial charge in [-0.15, -0.1) is 0 Å². The molecule has 4 bridgehead atoms. The number of benzene rings is 2. The molecule has 0 saturated heterocycles. The molecular formula is C34H56N4O2. The van der Waals surface area contributed by atoms with Gasteiger partial charge in [0.2, 0.25) is 0 Å². The van der Waals surface area contributed by atoms with E-state index in [1.807, 2.05) is 0 Å². The molecule has 0 radical (unpaired) electrons. The van der Waals surface area contributed by atoms with Crippen molar-refractivity contribution in [2.75, 3.05) is 0 Å². The number of hydrogen-bond donors (Lipinski definition) is 6. The fraction of sp³-hybridized carbons (Fsp3) is 0.647. The molecule has 0 spiro atoms. The lowest BCUT2D eigenvalue weighted by Crippen LogP contribution is -2.42. The summed E-state index contributed by atoms with van der Waals surface area (Å²) in [5, 5.41) is 37.5. The number of unbranched alkanes of at least 4 members (excludes halogenated alkanes) is 2. The van der Waals surface area contributed by atoms with E-state index in [2.05, 4.69) is 101 Å². The molecule has 1 aliphatic rings. The first-order valence-electron chi connectivity index (χ1n) is 15.5. The van der Waals surface area contributed by atoms with E-state index in [1.54, 1.807) is 0 Å². The van der Waals surface area contributed by atoms with E-state index >= 15 is 0 Å². The van der Waals surface area contributed by atoms with Gasteiger partial charge < -0.3 is 10.2 Å². The predicted molar refractivity (Wildman–Crippen MR) is 168 cm³/mol. The smallest absolute Gasteiger partial charge is 0.124 e. The molecule has 1 heterocycles. The molecule has 0 saturated carbocycles. The van der Waals surface area contributed by atoms with Gasteiger partial charge in [-0.25, -0.2) is 0 Å². The molecule has 0 fully saturated rings. The molecule has 0 amide bonds. The monoisotopic (exact) mass is 552 g/mol. The Morgan fingerprint density at radius 3 is 1.07 bits per heavy atom. The normalized spacial score (nSPS) is 19.5. The average molecular weight is 553 g/mol. The zero-order valence-corrected chi connectivity index (χ0v) is 26.4. The van der Waals surface area contributed by atoms with Gasteiger partial charge in [-0.3, -0.25) is 21.3 Å². The fourth-order valence-corrected chi connectivity index (χ4v) is 5.23. The van der Waals surface area contributed by atoms with Gasteiger partial charge in [0.1, 0.15) is 11.5 Å². The summed E-state index contributed by atoms with van der Waals surface area (Å²) in [6, 6.07) is 8.63. The number of phenolic OH excluding ortho intramolecular Hbond substituents is 2. The van der Waals surface area contributed by atoms with Crippen molar-refractivity contribution in [1.82, 2.24) is 21.3 Å². The van der Waals surface area contributed by atoms with Gasteiger partial charge in [0.25, 0.3) is 0 Å². The van der Waals surface area contributed by atoms with E-state index in [4.69, 9.17) is 0 Å². The lowest BCUT2D eigenvalue weighted by molar-refractivity contribution is 0.364. The summed E-state index contributed by atoms with van der Waals surface area (Å²) in [7, 11) is 0. The van der Waals surface area contributed by atoms with Crippen LogP contribution in [0.3, 0.4) is 0 Å². The Hall–Kier alpha value is -2.12. The molecule has 224 valence electrons. The maximum Gasteiger partial charge on any atom is 0.124 e. The van der Waals surface area contributed by atoms with Crippen molar-refractivity contribution in [2.24, 2.45) is 0 Å². The third-order valence-corrected chi connectivity index (χ3v) is 8.12. The summed E-state index contributed by atoms with van der Waals surface area (Å²) in [6.07, 6.45) is 6.47. The predicted octanol–water partition coefficient (Wildman–Crippen LogP) is 6.80. The lowest BCUT2D eigenvalue weighted by Gasteiger charge is -2.27. The standard InChI is InChI=1S/C34H56N4O2/c1-9-11-13-29-35-19-23-15-27(33(3,4)5)17-25(31(23)39)21-37-30(14-12-10-2)38-22-26-18-28(34(6,7)8)16-24(20-36-29)32(26)40/h15-18,29-30,35-40H,9-14,19-22H2,1-8H3. The summed E-state index contributed by atoms with van der Waals surface area (Å²) < 4.78 is 0. The van der Waals surface area contributed by atoms with Crippen LogP contribution in [0.25, 0.3) is 0 Å². The van der Waals surface area contributed by atoms with Crippen LogP contribution < -0.4 is 21.3 Å². The largest absolute Gasteiger partial charge is 0.507 e. The quantitative estimate of drug-likeness (QED) is 0.236. The molecule has 0 unspecified atom stereocenters. The van der Waals surface area contributed by atoms with Crippen LogP contribution in [0.15, 0.2) is 24.3 Å². The topological polar surface area (TPSA) is 88.6 Å². The summed E-state index contributed by atoms with van der Waals surface area (Å²) >= 11 is 0. The highest BCUT2D eigenvalue weighted by molar-refractivity contribution is 5.47. The molecule has 2 aromatic carbocycles. The SMILES string of the molecule is CCCCC1NCc2cc(C(C)(C)C)cc(c2O)CNC(CCCC)NCc2cc(C(C)(C)C)cc(c2O)CN1. The van der Waals surface area contributed by atoms with Gasteiger partial charge in [0.15, 0.2) is 0 Å². The number of phenols is 2. The van der Waals surface area contributed by atoms with E-state index in [0.717, 1.165) is 60.8 Å². The lowest BCUT2D eigenvalue weighted by atomic mass is 9.84. The molecule has 6 heteroatoms. The van der Waals surface area contributed by atoms with Crippen LogP contribution in [0.2, 0.25) is 0 Å². The third kappa shape index (κ3) is 8.94. The number of nitrogens with one attached hydrogen (secondary N) is 4. The van der Waals surface area contributed by atoms with Crippen molar-refractivity contribution in [2.45, 2.75) is 143 Å². The third-order valence-electron chi connectivity index (χ3n) is 8.12. The number of aromatic hydroxyl groups is 2. The molecular weight excluding hydrogens is 496 g/mol. The number of rotatable bonds is 6. The summed E-state index contributed by atoms with van der Waals surface area (Å²) in [5.74, 6) is 0.752. The molecule has 6 nitrogen and oxygen atoms in total. The van der Waals surface area contributed by atoms with Crippen LogP contribution in [0.1, 0.15) is 127 Å². The van der Waals surface area contributed by atoms with Crippen molar-refractivity contribution in [3.05, 3.63) is 57.6 Å². The van der Waals surface area contributed by atoms with Crippen LogP contribution in [0.4, 0.5) is 0 Å². The highest BCUT2D eigenvalue weighted by Gasteiger charge is 2.23. The van der Waals surface area contributed by atoms with E-state index in [1.165, 1.54) is 11.1 Å². The van der Waals surface area contributed by atoms with Crippen molar-refractivity contribution in [3.8, 4) is 11.5 Å². The van der Waals surface area contributed by atoms with Crippen molar-refractivity contribution >= 4 is 0 Å². The maximum atomic E-state index is 11.4. The van der Waals surface area contributed by atoms with Gasteiger partial charge in [0.05, 0.1) is 12.3 Å². The first kappa shape index (κ1) is 32.4. The molecule has 6 N–H and O–H groups in total. The first-order valence-corrected chi connectivity index (χ1v) is 15.5. The minimum absolute atomic E-state index is 0.0250. The maximum absolute atomic E-state index is 11.4. The Balaban J connectivity index is 2.04. The Kier molecular flexibility index (Phi) is 11.5. The molecule has 0 atom stereocenters. The van der Waals surface area contributed by atoms with Crippen LogP contribution in [0, 0.1) is 0 Å². The van der Waals surface area contributed by atoms with E-state index in [9.17, 15) is 10.2 Å². The molecule has 0 aromatic heterocycles. The minimum atomic E-state index is -0.0250. The number of fused-ring (bicyclic) bond motifs is 4. The van der Waals surface area contributed by atoms with Gasteiger partial charge in [0, 0.05) is 48.4 Å². The van der Waals surface area contributed by atoms with E-state index in [0.29, 0.717) is 37.7 Å². The Bertz CT molecular complexity index is 955. The average Bonchev–Trinajstić information content (AvgIpc) is 2.88.